The highest BCUT2D eigenvalue weighted by Crippen LogP contribution is 2.21. The summed E-state index contributed by atoms with van der Waals surface area (Å²) in [5.74, 6) is -1.70. The quantitative estimate of drug-likeness (QED) is 0.890. The second kappa shape index (κ2) is 5.93. The van der Waals surface area contributed by atoms with Gasteiger partial charge in [-0.05, 0) is 30.0 Å². The van der Waals surface area contributed by atoms with Crippen LogP contribution in [0, 0.1) is 11.6 Å². The molecule has 0 aromatic heterocycles. The molecule has 100 valence electrons. The van der Waals surface area contributed by atoms with Gasteiger partial charge in [0, 0.05) is 11.6 Å². The van der Waals surface area contributed by atoms with E-state index in [1.807, 2.05) is 24.3 Å². The van der Waals surface area contributed by atoms with Gasteiger partial charge in [0.1, 0.15) is 0 Å². The Hall–Kier alpha value is -1.74. The van der Waals surface area contributed by atoms with Gasteiger partial charge in [-0.2, -0.15) is 0 Å². The van der Waals surface area contributed by atoms with E-state index in [1.54, 1.807) is 0 Å². The molecule has 0 saturated heterocycles. The van der Waals surface area contributed by atoms with Gasteiger partial charge >= 0.3 is 0 Å². The van der Waals surface area contributed by atoms with Crippen molar-refractivity contribution in [1.82, 2.24) is 0 Å². The smallest absolute Gasteiger partial charge is 0.163 e. The summed E-state index contributed by atoms with van der Waals surface area (Å²) in [5, 5.41) is 0. The molecule has 3 heteroatoms. The van der Waals surface area contributed by atoms with Crippen molar-refractivity contribution in [3.63, 3.8) is 0 Å². The minimum Gasteiger partial charge on any atom is -0.324 e. The normalized spacial score (nSPS) is 12.4. The lowest BCUT2D eigenvalue weighted by atomic mass is 9.98. The molecule has 0 aliphatic carbocycles. The topological polar surface area (TPSA) is 26.0 Å². The van der Waals surface area contributed by atoms with E-state index in [1.165, 1.54) is 17.7 Å². The van der Waals surface area contributed by atoms with E-state index in [2.05, 4.69) is 6.92 Å². The van der Waals surface area contributed by atoms with E-state index in [0.29, 0.717) is 6.42 Å². The van der Waals surface area contributed by atoms with Crippen molar-refractivity contribution < 1.29 is 8.78 Å². The minimum atomic E-state index is -0.853. The molecule has 0 aliphatic rings. The number of rotatable bonds is 4. The first-order valence-corrected chi connectivity index (χ1v) is 6.39. The van der Waals surface area contributed by atoms with Gasteiger partial charge in [0.05, 0.1) is 0 Å². The van der Waals surface area contributed by atoms with E-state index >= 15 is 0 Å². The summed E-state index contributed by atoms with van der Waals surface area (Å²) in [6.45, 7) is 2.09. The maximum Gasteiger partial charge on any atom is 0.163 e. The Kier molecular flexibility index (Phi) is 4.27. The fourth-order valence-corrected chi connectivity index (χ4v) is 2.08. The largest absolute Gasteiger partial charge is 0.324 e. The lowest BCUT2D eigenvalue weighted by Crippen LogP contribution is -2.15. The van der Waals surface area contributed by atoms with Crippen LogP contribution in [0.3, 0.4) is 0 Å². The molecule has 0 aliphatic heterocycles. The number of hydrogen-bond donors (Lipinski definition) is 1. The number of hydrogen-bond acceptors (Lipinski definition) is 1. The maximum absolute atomic E-state index is 13.6. The Bertz CT molecular complexity index is 549. The molecule has 0 heterocycles. The Morgan fingerprint density at radius 3 is 2.26 bits per heavy atom. The third-order valence-corrected chi connectivity index (χ3v) is 3.27. The van der Waals surface area contributed by atoms with E-state index in [-0.39, 0.29) is 5.56 Å². The lowest BCUT2D eigenvalue weighted by molar-refractivity contribution is 0.488. The zero-order valence-electron chi connectivity index (χ0n) is 10.9. The fraction of sp³-hybridized carbons (Fsp3) is 0.250. The molecule has 2 aromatic carbocycles. The highest BCUT2D eigenvalue weighted by Gasteiger charge is 2.14. The highest BCUT2D eigenvalue weighted by molar-refractivity contribution is 5.27. The molecule has 0 radical (unpaired) electrons. The van der Waals surface area contributed by atoms with Gasteiger partial charge in [0.2, 0.25) is 0 Å². The van der Waals surface area contributed by atoms with E-state index in [9.17, 15) is 8.78 Å². The summed E-state index contributed by atoms with van der Waals surface area (Å²) in [6.07, 6.45) is 1.47. The predicted octanol–water partition coefficient (Wildman–Crippen LogP) is 3.77. The Balaban J connectivity index is 2.15. The molecule has 2 N–H and O–H groups in total. The van der Waals surface area contributed by atoms with Crippen molar-refractivity contribution in [3.05, 3.63) is 70.8 Å². The van der Waals surface area contributed by atoms with Crippen molar-refractivity contribution in [1.29, 1.82) is 0 Å². The Morgan fingerprint density at radius 2 is 1.63 bits per heavy atom. The SMILES string of the molecule is CCc1ccc(CC(N)c2cccc(F)c2F)cc1. The average molecular weight is 261 g/mol. The summed E-state index contributed by atoms with van der Waals surface area (Å²) < 4.78 is 26.8. The molecule has 1 nitrogen and oxygen atoms in total. The molecule has 0 amide bonds. The third kappa shape index (κ3) is 3.18. The lowest BCUT2D eigenvalue weighted by Gasteiger charge is -2.13. The molecule has 1 unspecified atom stereocenters. The first-order valence-electron chi connectivity index (χ1n) is 6.39. The molecule has 2 rings (SSSR count). The van der Waals surface area contributed by atoms with Crippen molar-refractivity contribution in [2.45, 2.75) is 25.8 Å². The molecule has 0 fully saturated rings. The summed E-state index contributed by atoms with van der Waals surface area (Å²) >= 11 is 0. The van der Waals surface area contributed by atoms with Crippen LogP contribution in [0.1, 0.15) is 29.7 Å². The van der Waals surface area contributed by atoms with Crippen LogP contribution in [-0.4, -0.2) is 0 Å². The summed E-state index contributed by atoms with van der Waals surface area (Å²) in [7, 11) is 0. The molecule has 19 heavy (non-hydrogen) atoms. The highest BCUT2D eigenvalue weighted by atomic mass is 19.2. The molecule has 0 bridgehead atoms. The first-order chi connectivity index (χ1) is 9.11. The van der Waals surface area contributed by atoms with E-state index in [4.69, 9.17) is 5.73 Å². The average Bonchev–Trinajstić information content (AvgIpc) is 2.42. The second-order valence-electron chi connectivity index (χ2n) is 4.62. The Morgan fingerprint density at radius 1 is 1.00 bits per heavy atom. The minimum absolute atomic E-state index is 0.222. The molecular weight excluding hydrogens is 244 g/mol. The number of benzene rings is 2. The molecule has 1 atom stereocenters. The van der Waals surface area contributed by atoms with Crippen LogP contribution in [0.25, 0.3) is 0 Å². The second-order valence-corrected chi connectivity index (χ2v) is 4.62. The maximum atomic E-state index is 13.6. The summed E-state index contributed by atoms with van der Waals surface area (Å²) in [6, 6.07) is 11.6. The van der Waals surface area contributed by atoms with Crippen LogP contribution in [-0.2, 0) is 12.8 Å². The first kappa shape index (κ1) is 13.7. The van der Waals surface area contributed by atoms with Crippen molar-refractivity contribution in [2.24, 2.45) is 5.73 Å². The molecule has 0 spiro atoms. The van der Waals surface area contributed by atoms with Gasteiger partial charge in [-0.25, -0.2) is 8.78 Å². The van der Waals surface area contributed by atoms with Crippen LogP contribution >= 0.6 is 0 Å². The van der Waals surface area contributed by atoms with Crippen molar-refractivity contribution in [2.75, 3.05) is 0 Å². The van der Waals surface area contributed by atoms with Crippen LogP contribution in [0.4, 0.5) is 8.78 Å². The fourth-order valence-electron chi connectivity index (χ4n) is 2.08. The predicted molar refractivity (Wildman–Crippen MR) is 72.8 cm³/mol. The van der Waals surface area contributed by atoms with E-state index in [0.717, 1.165) is 18.1 Å². The molecular formula is C16H17F2N. The van der Waals surface area contributed by atoms with Crippen LogP contribution < -0.4 is 5.73 Å². The zero-order chi connectivity index (χ0) is 13.8. The van der Waals surface area contributed by atoms with Crippen LogP contribution in [0.15, 0.2) is 42.5 Å². The number of aryl methyl sites for hydroxylation is 1. The number of halogens is 2. The van der Waals surface area contributed by atoms with Crippen molar-refractivity contribution in [3.8, 4) is 0 Å². The third-order valence-electron chi connectivity index (χ3n) is 3.27. The van der Waals surface area contributed by atoms with Gasteiger partial charge in [-0.1, -0.05) is 43.3 Å². The number of nitrogens with two attached hydrogens (primary N) is 1. The van der Waals surface area contributed by atoms with Crippen LogP contribution in [0.5, 0.6) is 0 Å². The zero-order valence-corrected chi connectivity index (χ0v) is 10.9. The van der Waals surface area contributed by atoms with Gasteiger partial charge in [0.25, 0.3) is 0 Å². The molecule has 2 aromatic rings. The molecule has 0 saturated carbocycles. The standard InChI is InChI=1S/C16H17F2N/c1-2-11-6-8-12(9-7-11)10-15(19)13-4-3-5-14(17)16(13)18/h3-9,15H,2,10,19H2,1H3. The van der Waals surface area contributed by atoms with Gasteiger partial charge < -0.3 is 5.73 Å². The Labute approximate surface area is 112 Å². The van der Waals surface area contributed by atoms with Gasteiger partial charge in [-0.3, -0.25) is 0 Å². The van der Waals surface area contributed by atoms with E-state index < -0.39 is 17.7 Å². The monoisotopic (exact) mass is 261 g/mol. The summed E-state index contributed by atoms with van der Waals surface area (Å²) in [5.41, 5.74) is 8.45. The van der Waals surface area contributed by atoms with Gasteiger partial charge in [0.15, 0.2) is 11.6 Å². The van der Waals surface area contributed by atoms with Crippen LogP contribution in [0.2, 0.25) is 0 Å². The summed E-state index contributed by atoms with van der Waals surface area (Å²) in [4.78, 5) is 0. The van der Waals surface area contributed by atoms with Gasteiger partial charge in [-0.15, -0.1) is 0 Å². The van der Waals surface area contributed by atoms with Crippen molar-refractivity contribution >= 4 is 0 Å².